The standard InChI is InChI=1S/C6H9N3O2/c10-5-7-1-2-9(5)6(11)8-3-4-8/h1-4H2,(H,7,10). The number of rotatable bonds is 0. The minimum atomic E-state index is -0.262. The van der Waals surface area contributed by atoms with Crippen molar-refractivity contribution < 1.29 is 9.59 Å². The van der Waals surface area contributed by atoms with Gasteiger partial charge in [-0.25, -0.2) is 14.5 Å². The van der Waals surface area contributed by atoms with Gasteiger partial charge in [0.2, 0.25) is 0 Å². The number of amides is 4. The Kier molecular flexibility index (Phi) is 1.24. The molecule has 2 heterocycles. The fraction of sp³-hybridized carbons (Fsp3) is 0.667. The first-order valence-electron chi connectivity index (χ1n) is 3.63. The number of imide groups is 1. The van der Waals surface area contributed by atoms with Crippen LogP contribution in [-0.2, 0) is 0 Å². The highest BCUT2D eigenvalue weighted by molar-refractivity contribution is 5.95. The zero-order valence-corrected chi connectivity index (χ0v) is 6.04. The first-order valence-corrected chi connectivity index (χ1v) is 3.63. The molecule has 60 valence electrons. The minimum absolute atomic E-state index is 0.153. The predicted molar refractivity (Wildman–Crippen MR) is 37.1 cm³/mol. The lowest BCUT2D eigenvalue weighted by Gasteiger charge is -2.11. The summed E-state index contributed by atoms with van der Waals surface area (Å²) >= 11 is 0. The normalized spacial score (nSPS) is 22.0. The lowest BCUT2D eigenvalue weighted by molar-refractivity contribution is 0.189. The van der Waals surface area contributed by atoms with Crippen LogP contribution in [0.1, 0.15) is 0 Å². The summed E-state index contributed by atoms with van der Waals surface area (Å²) in [5.74, 6) is 0. The third-order valence-corrected chi connectivity index (χ3v) is 1.81. The summed E-state index contributed by atoms with van der Waals surface area (Å²) in [6.07, 6.45) is 0. The Hall–Kier alpha value is -1.26. The zero-order valence-electron chi connectivity index (χ0n) is 6.04. The van der Waals surface area contributed by atoms with E-state index in [1.807, 2.05) is 0 Å². The largest absolute Gasteiger partial charge is 0.336 e. The molecule has 5 heteroatoms. The maximum absolute atomic E-state index is 11.2. The second-order valence-electron chi connectivity index (χ2n) is 2.65. The topological polar surface area (TPSA) is 52.4 Å². The van der Waals surface area contributed by atoms with Gasteiger partial charge in [-0.3, -0.25) is 0 Å². The van der Waals surface area contributed by atoms with Crippen LogP contribution >= 0.6 is 0 Å². The molecule has 2 aliphatic heterocycles. The quantitative estimate of drug-likeness (QED) is 0.477. The first kappa shape index (κ1) is 6.45. The van der Waals surface area contributed by atoms with Crippen molar-refractivity contribution in [3.05, 3.63) is 0 Å². The van der Waals surface area contributed by atoms with Crippen LogP contribution < -0.4 is 5.32 Å². The molecule has 5 nitrogen and oxygen atoms in total. The highest BCUT2D eigenvalue weighted by Gasteiger charge is 2.34. The molecule has 1 N–H and O–H groups in total. The van der Waals surface area contributed by atoms with Gasteiger partial charge in [0.05, 0.1) is 0 Å². The summed E-state index contributed by atoms with van der Waals surface area (Å²) in [5, 5.41) is 2.57. The maximum Gasteiger partial charge on any atom is 0.328 e. The van der Waals surface area contributed by atoms with Crippen LogP contribution in [0.5, 0.6) is 0 Å². The van der Waals surface area contributed by atoms with Gasteiger partial charge in [-0.15, -0.1) is 0 Å². The molecule has 0 unspecified atom stereocenters. The number of hydrogen-bond acceptors (Lipinski definition) is 2. The predicted octanol–water partition coefficient (Wildman–Crippen LogP) is -0.553. The van der Waals surface area contributed by atoms with Crippen molar-refractivity contribution in [2.75, 3.05) is 26.2 Å². The van der Waals surface area contributed by atoms with Gasteiger partial charge in [-0.2, -0.15) is 0 Å². The Morgan fingerprint density at radius 3 is 2.55 bits per heavy atom. The number of carbonyl (C=O) groups is 2. The van der Waals surface area contributed by atoms with E-state index >= 15 is 0 Å². The van der Waals surface area contributed by atoms with E-state index in [9.17, 15) is 9.59 Å². The average molecular weight is 155 g/mol. The molecule has 0 aliphatic carbocycles. The molecule has 2 saturated heterocycles. The number of nitrogens with zero attached hydrogens (tertiary/aromatic N) is 2. The SMILES string of the molecule is O=C1NCCN1C(=O)N1CC1. The van der Waals surface area contributed by atoms with Crippen molar-refractivity contribution in [1.82, 2.24) is 15.1 Å². The van der Waals surface area contributed by atoms with Crippen LogP contribution in [0.15, 0.2) is 0 Å². The van der Waals surface area contributed by atoms with Gasteiger partial charge in [0.15, 0.2) is 0 Å². The van der Waals surface area contributed by atoms with Gasteiger partial charge in [0.25, 0.3) is 0 Å². The molecule has 2 rings (SSSR count). The Labute approximate surface area is 63.9 Å². The molecule has 0 radical (unpaired) electrons. The second kappa shape index (κ2) is 2.11. The molecule has 0 atom stereocenters. The van der Waals surface area contributed by atoms with Crippen molar-refractivity contribution in [2.45, 2.75) is 0 Å². The van der Waals surface area contributed by atoms with Crippen LogP contribution in [0.3, 0.4) is 0 Å². The summed E-state index contributed by atoms with van der Waals surface area (Å²) in [6.45, 7) is 2.68. The monoisotopic (exact) mass is 155 g/mol. The Bertz CT molecular complexity index is 212. The van der Waals surface area contributed by atoms with Crippen molar-refractivity contribution in [2.24, 2.45) is 0 Å². The second-order valence-corrected chi connectivity index (χ2v) is 2.65. The maximum atomic E-state index is 11.2. The van der Waals surface area contributed by atoms with Gasteiger partial charge < -0.3 is 10.2 Å². The smallest absolute Gasteiger partial charge is 0.328 e. The van der Waals surface area contributed by atoms with Gasteiger partial charge in [-0.05, 0) is 0 Å². The van der Waals surface area contributed by atoms with E-state index in [2.05, 4.69) is 5.32 Å². The molecule has 0 aromatic heterocycles. The van der Waals surface area contributed by atoms with Crippen molar-refractivity contribution in [3.63, 3.8) is 0 Å². The fourth-order valence-corrected chi connectivity index (χ4v) is 1.07. The molecule has 11 heavy (non-hydrogen) atoms. The number of urea groups is 2. The lowest BCUT2D eigenvalue weighted by atomic mass is 10.6. The third-order valence-electron chi connectivity index (χ3n) is 1.81. The number of hydrogen-bond donors (Lipinski definition) is 1. The highest BCUT2D eigenvalue weighted by Crippen LogP contribution is 2.10. The van der Waals surface area contributed by atoms with E-state index in [1.165, 1.54) is 4.90 Å². The highest BCUT2D eigenvalue weighted by atomic mass is 16.2. The van der Waals surface area contributed by atoms with E-state index in [0.29, 0.717) is 13.1 Å². The van der Waals surface area contributed by atoms with Crippen LogP contribution in [0.4, 0.5) is 9.59 Å². The number of carbonyl (C=O) groups excluding carboxylic acids is 2. The molecule has 0 spiro atoms. The third kappa shape index (κ3) is 1.02. The molecule has 4 amide bonds. The molecule has 0 bridgehead atoms. The average Bonchev–Trinajstić information content (AvgIpc) is 2.74. The van der Waals surface area contributed by atoms with E-state index in [4.69, 9.17) is 0 Å². The van der Waals surface area contributed by atoms with Gasteiger partial charge in [0, 0.05) is 26.2 Å². The number of nitrogens with one attached hydrogen (secondary N) is 1. The van der Waals surface area contributed by atoms with E-state index in [-0.39, 0.29) is 12.1 Å². The van der Waals surface area contributed by atoms with Crippen molar-refractivity contribution in [1.29, 1.82) is 0 Å². The van der Waals surface area contributed by atoms with Crippen LogP contribution in [0.25, 0.3) is 0 Å². The van der Waals surface area contributed by atoms with Crippen LogP contribution in [0.2, 0.25) is 0 Å². The Morgan fingerprint density at radius 2 is 2.09 bits per heavy atom. The zero-order chi connectivity index (χ0) is 7.84. The summed E-state index contributed by atoms with van der Waals surface area (Å²) in [7, 11) is 0. The molecule has 2 aliphatic rings. The summed E-state index contributed by atoms with van der Waals surface area (Å²) in [6, 6.07) is -0.415. The van der Waals surface area contributed by atoms with Crippen molar-refractivity contribution >= 4 is 12.1 Å². The molecular formula is C6H9N3O2. The summed E-state index contributed by atoms with van der Waals surface area (Å²) in [4.78, 5) is 25.0. The molecule has 0 saturated carbocycles. The van der Waals surface area contributed by atoms with E-state index in [0.717, 1.165) is 13.1 Å². The van der Waals surface area contributed by atoms with Gasteiger partial charge >= 0.3 is 12.1 Å². The lowest BCUT2D eigenvalue weighted by Crippen LogP contribution is -2.37. The van der Waals surface area contributed by atoms with Crippen molar-refractivity contribution in [3.8, 4) is 0 Å². The summed E-state index contributed by atoms with van der Waals surface area (Å²) in [5.41, 5.74) is 0. The van der Waals surface area contributed by atoms with Gasteiger partial charge in [-0.1, -0.05) is 0 Å². The Balaban J connectivity index is 2.02. The van der Waals surface area contributed by atoms with E-state index < -0.39 is 0 Å². The molecule has 2 fully saturated rings. The Morgan fingerprint density at radius 1 is 1.36 bits per heavy atom. The summed E-state index contributed by atoms with van der Waals surface area (Å²) < 4.78 is 0. The van der Waals surface area contributed by atoms with Crippen LogP contribution in [-0.4, -0.2) is 48.0 Å². The van der Waals surface area contributed by atoms with E-state index in [1.54, 1.807) is 4.90 Å². The molecule has 0 aromatic carbocycles. The minimum Gasteiger partial charge on any atom is -0.336 e. The van der Waals surface area contributed by atoms with Gasteiger partial charge in [0.1, 0.15) is 0 Å². The first-order chi connectivity index (χ1) is 5.29. The van der Waals surface area contributed by atoms with Crippen LogP contribution in [0, 0.1) is 0 Å². The fourth-order valence-electron chi connectivity index (χ4n) is 1.07. The molecular weight excluding hydrogens is 146 g/mol. The molecule has 0 aromatic rings.